The van der Waals surface area contributed by atoms with Gasteiger partial charge in [-0.05, 0) is 31.0 Å². The number of alkyl halides is 3. The average molecular weight is 289 g/mol. The second-order valence-corrected chi connectivity index (χ2v) is 4.71. The zero-order valence-corrected chi connectivity index (χ0v) is 11.1. The van der Waals surface area contributed by atoms with Crippen molar-refractivity contribution >= 4 is 0 Å². The van der Waals surface area contributed by atoms with Crippen molar-refractivity contribution in [3.8, 4) is 5.75 Å². The third-order valence-electron chi connectivity index (χ3n) is 3.10. The molecule has 0 aromatic heterocycles. The summed E-state index contributed by atoms with van der Waals surface area (Å²) in [6, 6.07) is 4.91. The van der Waals surface area contributed by atoms with Crippen molar-refractivity contribution in [1.29, 1.82) is 0 Å². The Kier molecular flexibility index (Phi) is 5.25. The lowest BCUT2D eigenvalue weighted by Crippen LogP contribution is -2.29. The molecule has 1 heterocycles. The molecule has 1 aromatic rings. The van der Waals surface area contributed by atoms with Gasteiger partial charge in [-0.3, -0.25) is 0 Å². The van der Waals surface area contributed by atoms with Gasteiger partial charge in [0.2, 0.25) is 0 Å². The zero-order valence-electron chi connectivity index (χ0n) is 11.1. The van der Waals surface area contributed by atoms with Crippen LogP contribution < -0.4 is 10.1 Å². The van der Waals surface area contributed by atoms with E-state index >= 15 is 0 Å². The van der Waals surface area contributed by atoms with Crippen LogP contribution in [0.2, 0.25) is 0 Å². The van der Waals surface area contributed by atoms with Crippen molar-refractivity contribution in [2.24, 2.45) is 0 Å². The van der Waals surface area contributed by atoms with Crippen LogP contribution in [0.1, 0.15) is 18.4 Å². The molecular weight excluding hydrogens is 271 g/mol. The van der Waals surface area contributed by atoms with Gasteiger partial charge in [-0.25, -0.2) is 0 Å². The molecule has 3 nitrogen and oxygen atoms in total. The summed E-state index contributed by atoms with van der Waals surface area (Å²) in [4.78, 5) is 0. The Hall–Kier alpha value is -1.27. The number of benzene rings is 1. The number of rotatable bonds is 6. The van der Waals surface area contributed by atoms with Gasteiger partial charge >= 0.3 is 6.18 Å². The van der Waals surface area contributed by atoms with E-state index in [1.54, 1.807) is 0 Å². The molecule has 0 aliphatic carbocycles. The summed E-state index contributed by atoms with van der Waals surface area (Å²) in [5, 5.41) is 3.17. The molecule has 0 amide bonds. The molecule has 1 aromatic carbocycles. The smallest absolute Gasteiger partial charge is 0.416 e. The summed E-state index contributed by atoms with van der Waals surface area (Å²) < 4.78 is 48.3. The first-order valence-electron chi connectivity index (χ1n) is 6.68. The van der Waals surface area contributed by atoms with E-state index in [4.69, 9.17) is 9.47 Å². The Morgan fingerprint density at radius 3 is 2.90 bits per heavy atom. The molecule has 1 saturated heterocycles. The maximum absolute atomic E-state index is 12.5. The van der Waals surface area contributed by atoms with Gasteiger partial charge in [-0.2, -0.15) is 13.2 Å². The van der Waals surface area contributed by atoms with E-state index in [2.05, 4.69) is 5.32 Å². The fourth-order valence-electron chi connectivity index (χ4n) is 2.07. The van der Waals surface area contributed by atoms with Gasteiger partial charge in [0.25, 0.3) is 0 Å². The lowest BCUT2D eigenvalue weighted by Gasteiger charge is -2.12. The maximum Gasteiger partial charge on any atom is 0.416 e. The highest BCUT2D eigenvalue weighted by atomic mass is 19.4. The van der Waals surface area contributed by atoms with Crippen LogP contribution in [0.4, 0.5) is 13.2 Å². The fourth-order valence-corrected chi connectivity index (χ4v) is 2.07. The van der Waals surface area contributed by atoms with E-state index in [-0.39, 0.29) is 11.9 Å². The van der Waals surface area contributed by atoms with E-state index in [0.717, 1.165) is 38.1 Å². The molecule has 6 heteroatoms. The van der Waals surface area contributed by atoms with Crippen molar-refractivity contribution < 1.29 is 22.6 Å². The first kappa shape index (κ1) is 15.1. The van der Waals surface area contributed by atoms with Gasteiger partial charge in [0.15, 0.2) is 0 Å². The third-order valence-corrected chi connectivity index (χ3v) is 3.10. The molecule has 112 valence electrons. The molecule has 1 fully saturated rings. The molecule has 0 spiro atoms. The summed E-state index contributed by atoms with van der Waals surface area (Å²) in [7, 11) is 0. The summed E-state index contributed by atoms with van der Waals surface area (Å²) in [6.45, 7) is 2.48. The maximum atomic E-state index is 12.5. The summed E-state index contributed by atoms with van der Waals surface area (Å²) in [5.41, 5.74) is -0.692. The summed E-state index contributed by atoms with van der Waals surface area (Å²) in [5.74, 6) is 0.235. The van der Waals surface area contributed by atoms with Crippen LogP contribution in [0.25, 0.3) is 0 Å². The highest BCUT2D eigenvalue weighted by Crippen LogP contribution is 2.31. The van der Waals surface area contributed by atoms with Crippen molar-refractivity contribution in [2.45, 2.75) is 25.1 Å². The van der Waals surface area contributed by atoms with Crippen LogP contribution in [0.3, 0.4) is 0 Å². The first-order valence-corrected chi connectivity index (χ1v) is 6.68. The number of ether oxygens (including phenoxy) is 2. The average Bonchev–Trinajstić information content (AvgIpc) is 2.91. The Morgan fingerprint density at radius 2 is 2.20 bits per heavy atom. The molecule has 1 atom stereocenters. The second-order valence-electron chi connectivity index (χ2n) is 4.71. The molecule has 0 bridgehead atoms. The van der Waals surface area contributed by atoms with Crippen LogP contribution in [-0.2, 0) is 10.9 Å². The number of nitrogens with one attached hydrogen (secondary N) is 1. The van der Waals surface area contributed by atoms with Crippen LogP contribution >= 0.6 is 0 Å². The molecule has 0 unspecified atom stereocenters. The predicted molar refractivity (Wildman–Crippen MR) is 68.8 cm³/mol. The van der Waals surface area contributed by atoms with Gasteiger partial charge in [0.1, 0.15) is 12.4 Å². The van der Waals surface area contributed by atoms with E-state index < -0.39 is 11.7 Å². The topological polar surface area (TPSA) is 30.5 Å². The normalized spacial score (nSPS) is 19.2. The zero-order chi connectivity index (χ0) is 14.4. The van der Waals surface area contributed by atoms with Crippen LogP contribution in [-0.4, -0.2) is 32.4 Å². The highest BCUT2D eigenvalue weighted by Gasteiger charge is 2.30. The van der Waals surface area contributed by atoms with Crippen LogP contribution in [0.15, 0.2) is 24.3 Å². The van der Waals surface area contributed by atoms with Crippen molar-refractivity contribution in [3.63, 3.8) is 0 Å². The molecule has 1 aliphatic heterocycles. The number of halogens is 3. The molecule has 1 aliphatic rings. The number of hydrogen-bond acceptors (Lipinski definition) is 3. The molecule has 20 heavy (non-hydrogen) atoms. The van der Waals surface area contributed by atoms with E-state index in [1.165, 1.54) is 12.1 Å². The van der Waals surface area contributed by atoms with E-state index in [1.807, 2.05) is 0 Å². The molecule has 2 rings (SSSR count). The third kappa shape index (κ3) is 4.68. The van der Waals surface area contributed by atoms with Gasteiger partial charge in [-0.1, -0.05) is 6.07 Å². The van der Waals surface area contributed by atoms with E-state index in [9.17, 15) is 13.2 Å². The van der Waals surface area contributed by atoms with Crippen LogP contribution in [0.5, 0.6) is 5.75 Å². The molecular formula is C14H18F3NO2. The quantitative estimate of drug-likeness (QED) is 0.817. The van der Waals surface area contributed by atoms with Gasteiger partial charge < -0.3 is 14.8 Å². The largest absolute Gasteiger partial charge is 0.492 e. The fraction of sp³-hybridized carbons (Fsp3) is 0.571. The molecule has 0 saturated carbocycles. The van der Waals surface area contributed by atoms with Crippen molar-refractivity contribution in [3.05, 3.63) is 29.8 Å². The SMILES string of the molecule is FC(F)(F)c1cccc(OCCNC[C@@H]2CCCO2)c1. The summed E-state index contributed by atoms with van der Waals surface area (Å²) in [6.07, 6.45) is -1.94. The lowest BCUT2D eigenvalue weighted by atomic mass is 10.2. The number of hydrogen-bond donors (Lipinski definition) is 1. The Labute approximate surface area is 116 Å². The second kappa shape index (κ2) is 6.95. The minimum absolute atomic E-state index is 0.235. The lowest BCUT2D eigenvalue weighted by molar-refractivity contribution is -0.137. The predicted octanol–water partition coefficient (Wildman–Crippen LogP) is 2.85. The van der Waals surface area contributed by atoms with Gasteiger partial charge in [0, 0.05) is 19.7 Å². The standard InChI is InChI=1S/C14H18F3NO2/c15-14(16,17)11-3-1-4-12(9-11)20-8-6-18-10-13-5-2-7-19-13/h1,3-4,9,13,18H,2,5-8,10H2/t13-/m0/s1. The molecule has 0 radical (unpaired) electrons. The summed E-state index contributed by atoms with van der Waals surface area (Å²) >= 11 is 0. The highest BCUT2D eigenvalue weighted by molar-refractivity contribution is 5.30. The molecule has 1 N–H and O–H groups in total. The monoisotopic (exact) mass is 289 g/mol. The Balaban J connectivity index is 1.68. The van der Waals surface area contributed by atoms with Crippen molar-refractivity contribution in [1.82, 2.24) is 5.32 Å². The first-order chi connectivity index (χ1) is 9.55. The Bertz CT molecular complexity index is 417. The van der Waals surface area contributed by atoms with Gasteiger partial charge in [-0.15, -0.1) is 0 Å². The minimum atomic E-state index is -4.34. The minimum Gasteiger partial charge on any atom is -0.492 e. The van der Waals surface area contributed by atoms with Crippen molar-refractivity contribution in [2.75, 3.05) is 26.3 Å². The van der Waals surface area contributed by atoms with Gasteiger partial charge in [0.05, 0.1) is 11.7 Å². The van der Waals surface area contributed by atoms with Crippen LogP contribution in [0, 0.1) is 0 Å². The van der Waals surface area contributed by atoms with E-state index in [0.29, 0.717) is 13.2 Å². The Morgan fingerprint density at radius 1 is 1.35 bits per heavy atom.